The van der Waals surface area contributed by atoms with Crippen LogP contribution in [0.25, 0.3) is 33.4 Å². The van der Waals surface area contributed by atoms with Gasteiger partial charge in [0.1, 0.15) is 0 Å². The highest BCUT2D eigenvalue weighted by Crippen LogP contribution is 2.61. The van der Waals surface area contributed by atoms with Crippen LogP contribution in [0.15, 0.2) is 249 Å². The highest BCUT2D eigenvalue weighted by molar-refractivity contribution is 5.98. The standard InChI is InChI=1S/C64H47N/c1-44-29-35-50(36-30-44)63(51-37-31-45(2)32-38-51)58-26-15-13-24-56(58)62-59(63)27-16-28-61(62)65(52-39-33-47(34-40-52)46-17-6-3-7-18-46)53-41-42-55-54-23-12-14-25-57(54)64(60(55)43-53,48-19-8-4-9-20-48)49-21-10-5-11-22-49/h3-43H,1-2H3. The minimum Gasteiger partial charge on any atom is -0.310 e. The van der Waals surface area contributed by atoms with E-state index in [2.05, 4.69) is 267 Å². The van der Waals surface area contributed by atoms with Crippen molar-refractivity contribution in [3.8, 4) is 33.4 Å². The number of hydrogen-bond donors (Lipinski definition) is 0. The van der Waals surface area contributed by atoms with Gasteiger partial charge in [0.05, 0.1) is 16.5 Å². The molecule has 0 saturated heterocycles. The third-order valence-corrected chi connectivity index (χ3v) is 14.2. The van der Waals surface area contributed by atoms with Crippen molar-refractivity contribution in [3.05, 3.63) is 304 Å². The molecule has 10 aromatic rings. The van der Waals surface area contributed by atoms with E-state index >= 15 is 0 Å². The average Bonchev–Trinajstić information content (AvgIpc) is 3.84. The van der Waals surface area contributed by atoms with E-state index in [1.165, 1.54) is 89.0 Å². The van der Waals surface area contributed by atoms with Gasteiger partial charge in [-0.1, -0.05) is 230 Å². The molecule has 0 N–H and O–H groups in total. The maximum Gasteiger partial charge on any atom is 0.0714 e. The quantitative estimate of drug-likeness (QED) is 0.147. The fourth-order valence-corrected chi connectivity index (χ4v) is 11.3. The lowest BCUT2D eigenvalue weighted by Crippen LogP contribution is -2.29. The summed E-state index contributed by atoms with van der Waals surface area (Å²) in [6.45, 7) is 4.36. The Labute approximate surface area is 382 Å². The number of nitrogens with zero attached hydrogens (tertiary/aromatic N) is 1. The summed E-state index contributed by atoms with van der Waals surface area (Å²) in [4.78, 5) is 2.52. The van der Waals surface area contributed by atoms with Gasteiger partial charge in [0.15, 0.2) is 0 Å². The van der Waals surface area contributed by atoms with Gasteiger partial charge in [0, 0.05) is 16.9 Å². The third-order valence-electron chi connectivity index (χ3n) is 14.2. The molecule has 0 spiro atoms. The lowest BCUT2D eigenvalue weighted by atomic mass is 9.67. The molecule has 10 aromatic carbocycles. The molecule has 1 heteroatoms. The molecule has 0 radical (unpaired) electrons. The zero-order chi connectivity index (χ0) is 43.5. The van der Waals surface area contributed by atoms with Crippen LogP contribution < -0.4 is 4.90 Å². The largest absolute Gasteiger partial charge is 0.310 e. The van der Waals surface area contributed by atoms with Crippen LogP contribution in [0.3, 0.4) is 0 Å². The normalized spacial score (nSPS) is 13.6. The van der Waals surface area contributed by atoms with E-state index < -0.39 is 10.8 Å². The molecule has 0 aliphatic heterocycles. The smallest absolute Gasteiger partial charge is 0.0714 e. The van der Waals surface area contributed by atoms with Crippen LogP contribution in [0.4, 0.5) is 17.1 Å². The molecule has 1 nitrogen and oxygen atoms in total. The number of hydrogen-bond acceptors (Lipinski definition) is 1. The fraction of sp³-hybridized carbons (Fsp3) is 0.0625. The van der Waals surface area contributed by atoms with E-state index in [1.807, 2.05) is 0 Å². The predicted molar refractivity (Wildman–Crippen MR) is 271 cm³/mol. The highest BCUT2D eigenvalue weighted by atomic mass is 15.1. The minimum absolute atomic E-state index is 0.537. The molecule has 0 saturated carbocycles. The van der Waals surface area contributed by atoms with Crippen molar-refractivity contribution in [3.63, 3.8) is 0 Å². The van der Waals surface area contributed by atoms with Crippen molar-refractivity contribution in [2.45, 2.75) is 24.7 Å². The summed E-state index contributed by atoms with van der Waals surface area (Å²) in [5.41, 5.74) is 22.4. The fourth-order valence-electron chi connectivity index (χ4n) is 11.3. The van der Waals surface area contributed by atoms with Crippen molar-refractivity contribution in [1.29, 1.82) is 0 Å². The van der Waals surface area contributed by atoms with Crippen molar-refractivity contribution in [2.75, 3.05) is 4.90 Å². The van der Waals surface area contributed by atoms with E-state index in [0.717, 1.165) is 17.1 Å². The summed E-state index contributed by atoms with van der Waals surface area (Å²) in [6, 6.07) is 92.9. The summed E-state index contributed by atoms with van der Waals surface area (Å²) in [5, 5.41) is 0. The van der Waals surface area contributed by atoms with Crippen molar-refractivity contribution in [2.24, 2.45) is 0 Å². The monoisotopic (exact) mass is 829 g/mol. The maximum absolute atomic E-state index is 2.52. The van der Waals surface area contributed by atoms with Gasteiger partial charge in [-0.15, -0.1) is 0 Å². The maximum atomic E-state index is 2.52. The summed E-state index contributed by atoms with van der Waals surface area (Å²) in [5.74, 6) is 0. The van der Waals surface area contributed by atoms with Crippen molar-refractivity contribution in [1.82, 2.24) is 0 Å². The first kappa shape index (κ1) is 38.7. The Bertz CT molecular complexity index is 3260. The van der Waals surface area contributed by atoms with Crippen LogP contribution in [-0.2, 0) is 10.8 Å². The molecular formula is C64H47N. The van der Waals surface area contributed by atoms with Crippen LogP contribution in [0.1, 0.15) is 55.6 Å². The first-order valence-electron chi connectivity index (χ1n) is 22.8. The number of anilines is 3. The van der Waals surface area contributed by atoms with E-state index in [4.69, 9.17) is 0 Å². The van der Waals surface area contributed by atoms with Gasteiger partial charge < -0.3 is 4.90 Å². The molecule has 65 heavy (non-hydrogen) atoms. The molecule has 0 bridgehead atoms. The number of aryl methyl sites for hydroxylation is 2. The van der Waals surface area contributed by atoms with Gasteiger partial charge in [-0.2, -0.15) is 0 Å². The van der Waals surface area contributed by atoms with Crippen molar-refractivity contribution >= 4 is 17.1 Å². The molecule has 2 aliphatic carbocycles. The van der Waals surface area contributed by atoms with Crippen LogP contribution in [-0.4, -0.2) is 0 Å². The Morgan fingerprint density at radius 3 is 1.32 bits per heavy atom. The molecule has 0 aromatic heterocycles. The van der Waals surface area contributed by atoms with E-state index in [9.17, 15) is 0 Å². The first-order chi connectivity index (χ1) is 32.1. The summed E-state index contributed by atoms with van der Waals surface area (Å²) in [6.07, 6.45) is 0. The van der Waals surface area contributed by atoms with Gasteiger partial charge in [0.25, 0.3) is 0 Å². The second-order valence-corrected chi connectivity index (χ2v) is 17.7. The Kier molecular flexibility index (Phi) is 9.14. The number of benzene rings is 10. The predicted octanol–water partition coefficient (Wildman–Crippen LogP) is 16.2. The second-order valence-electron chi connectivity index (χ2n) is 17.7. The molecule has 0 amide bonds. The van der Waals surface area contributed by atoms with Gasteiger partial charge in [-0.3, -0.25) is 0 Å². The summed E-state index contributed by atoms with van der Waals surface area (Å²) >= 11 is 0. The van der Waals surface area contributed by atoms with E-state index in [0.29, 0.717) is 0 Å². The zero-order valence-electron chi connectivity index (χ0n) is 36.6. The molecule has 12 rings (SSSR count). The SMILES string of the molecule is Cc1ccc(C2(c3ccc(C)cc3)c3ccccc3-c3c(N(c4ccc(-c5ccccc5)cc4)c4ccc5c(c4)C(c4ccccc4)(c4ccccc4)c4ccccc4-5)cccc32)cc1. The Morgan fingerprint density at radius 2 is 0.723 bits per heavy atom. The van der Waals surface area contributed by atoms with Crippen LogP contribution in [0.5, 0.6) is 0 Å². The lowest BCUT2D eigenvalue weighted by molar-refractivity contribution is 0.767. The highest BCUT2D eigenvalue weighted by Gasteiger charge is 2.49. The van der Waals surface area contributed by atoms with Gasteiger partial charge in [0.2, 0.25) is 0 Å². The minimum atomic E-state index is -0.540. The third kappa shape index (κ3) is 5.86. The molecular weight excluding hydrogens is 783 g/mol. The first-order valence-corrected chi connectivity index (χ1v) is 22.8. The Morgan fingerprint density at radius 1 is 0.292 bits per heavy atom. The molecule has 0 unspecified atom stereocenters. The van der Waals surface area contributed by atoms with Crippen LogP contribution in [0.2, 0.25) is 0 Å². The van der Waals surface area contributed by atoms with Crippen molar-refractivity contribution < 1.29 is 0 Å². The van der Waals surface area contributed by atoms with Crippen LogP contribution in [0, 0.1) is 13.8 Å². The van der Waals surface area contributed by atoms with Gasteiger partial charge in [-0.25, -0.2) is 0 Å². The van der Waals surface area contributed by atoms with Crippen LogP contribution >= 0.6 is 0 Å². The Hall–Kier alpha value is -8.00. The Balaban J connectivity index is 1.16. The molecule has 308 valence electrons. The summed E-state index contributed by atoms with van der Waals surface area (Å²) < 4.78 is 0. The molecule has 0 heterocycles. The average molecular weight is 830 g/mol. The zero-order valence-corrected chi connectivity index (χ0v) is 36.6. The molecule has 0 fully saturated rings. The van der Waals surface area contributed by atoms with Gasteiger partial charge >= 0.3 is 0 Å². The molecule has 0 atom stereocenters. The molecule has 2 aliphatic rings. The topological polar surface area (TPSA) is 3.24 Å². The van der Waals surface area contributed by atoms with E-state index in [1.54, 1.807) is 0 Å². The number of fused-ring (bicyclic) bond motifs is 6. The van der Waals surface area contributed by atoms with E-state index in [-0.39, 0.29) is 0 Å². The lowest BCUT2D eigenvalue weighted by Gasteiger charge is -2.35. The summed E-state index contributed by atoms with van der Waals surface area (Å²) in [7, 11) is 0. The van der Waals surface area contributed by atoms with Gasteiger partial charge in [-0.05, 0) is 117 Å². The number of rotatable bonds is 8. The second kappa shape index (κ2) is 15.4.